The minimum absolute atomic E-state index is 0.332. The van der Waals surface area contributed by atoms with Gasteiger partial charge < -0.3 is 20.1 Å². The topological polar surface area (TPSA) is 47.7 Å². The van der Waals surface area contributed by atoms with Gasteiger partial charge in [0.1, 0.15) is 0 Å². The van der Waals surface area contributed by atoms with Gasteiger partial charge in [0.2, 0.25) is 6.79 Å². The Morgan fingerprint density at radius 3 is 2.72 bits per heavy atom. The van der Waals surface area contributed by atoms with Crippen LogP contribution in [0.25, 0.3) is 0 Å². The Kier molecular flexibility index (Phi) is 3.39. The summed E-state index contributed by atoms with van der Waals surface area (Å²) in [6.45, 7) is 4.48. The standard InChI is InChI=1S/C14H20N2O2/c15-8-12(9-16-5-1-2-6-16)11-3-4-13-14(7-11)18-10-17-13/h3-4,7,12H,1-2,5-6,8-10,15H2. The first-order valence-corrected chi connectivity index (χ1v) is 6.69. The summed E-state index contributed by atoms with van der Waals surface area (Å²) in [5, 5.41) is 0. The summed E-state index contributed by atoms with van der Waals surface area (Å²) in [5.41, 5.74) is 7.19. The van der Waals surface area contributed by atoms with Gasteiger partial charge in [0.15, 0.2) is 11.5 Å². The lowest BCUT2D eigenvalue weighted by atomic mass is 9.98. The molecule has 2 N–H and O–H groups in total. The van der Waals surface area contributed by atoms with Crippen molar-refractivity contribution in [1.82, 2.24) is 4.90 Å². The highest BCUT2D eigenvalue weighted by atomic mass is 16.7. The lowest BCUT2D eigenvalue weighted by molar-refractivity contribution is 0.174. The van der Waals surface area contributed by atoms with Gasteiger partial charge >= 0.3 is 0 Å². The van der Waals surface area contributed by atoms with Crippen LogP contribution in [0.1, 0.15) is 24.3 Å². The molecule has 2 aliphatic rings. The van der Waals surface area contributed by atoms with Crippen LogP contribution in [0.2, 0.25) is 0 Å². The Morgan fingerprint density at radius 1 is 1.17 bits per heavy atom. The molecular weight excluding hydrogens is 228 g/mol. The first-order valence-electron chi connectivity index (χ1n) is 6.69. The average Bonchev–Trinajstić information content (AvgIpc) is 3.06. The highest BCUT2D eigenvalue weighted by molar-refractivity contribution is 5.45. The predicted molar refractivity (Wildman–Crippen MR) is 70.0 cm³/mol. The van der Waals surface area contributed by atoms with E-state index in [9.17, 15) is 0 Å². The molecule has 1 aromatic rings. The number of nitrogens with zero attached hydrogens (tertiary/aromatic N) is 1. The van der Waals surface area contributed by atoms with Crippen molar-refractivity contribution < 1.29 is 9.47 Å². The maximum Gasteiger partial charge on any atom is 0.231 e. The fourth-order valence-corrected chi connectivity index (χ4v) is 2.76. The van der Waals surface area contributed by atoms with Crippen molar-refractivity contribution in [2.24, 2.45) is 5.73 Å². The molecule has 0 aromatic heterocycles. The van der Waals surface area contributed by atoms with Crippen LogP contribution in [0.3, 0.4) is 0 Å². The zero-order valence-electron chi connectivity index (χ0n) is 10.6. The minimum atomic E-state index is 0.332. The number of benzene rings is 1. The lowest BCUT2D eigenvalue weighted by Gasteiger charge is -2.22. The van der Waals surface area contributed by atoms with Crippen LogP contribution in [0.15, 0.2) is 18.2 Å². The van der Waals surface area contributed by atoms with Crippen LogP contribution in [-0.2, 0) is 0 Å². The van der Waals surface area contributed by atoms with E-state index in [1.807, 2.05) is 6.07 Å². The van der Waals surface area contributed by atoms with Crippen LogP contribution in [0.4, 0.5) is 0 Å². The zero-order chi connectivity index (χ0) is 12.4. The molecule has 0 amide bonds. The summed E-state index contributed by atoms with van der Waals surface area (Å²) < 4.78 is 10.8. The third kappa shape index (κ3) is 2.31. The van der Waals surface area contributed by atoms with Gasteiger partial charge in [-0.25, -0.2) is 0 Å². The van der Waals surface area contributed by atoms with E-state index in [2.05, 4.69) is 17.0 Å². The first kappa shape index (κ1) is 11.8. The molecule has 2 heterocycles. The molecule has 98 valence electrons. The Balaban J connectivity index is 1.74. The smallest absolute Gasteiger partial charge is 0.231 e. The van der Waals surface area contributed by atoms with E-state index in [-0.39, 0.29) is 0 Å². The molecule has 18 heavy (non-hydrogen) atoms. The van der Waals surface area contributed by atoms with Crippen molar-refractivity contribution in [1.29, 1.82) is 0 Å². The second kappa shape index (κ2) is 5.16. The molecule has 0 spiro atoms. The van der Waals surface area contributed by atoms with E-state index < -0.39 is 0 Å². The van der Waals surface area contributed by atoms with Gasteiger partial charge in [-0.1, -0.05) is 6.07 Å². The van der Waals surface area contributed by atoms with Crippen LogP contribution in [-0.4, -0.2) is 37.9 Å². The van der Waals surface area contributed by atoms with E-state index >= 15 is 0 Å². The van der Waals surface area contributed by atoms with Crippen molar-refractivity contribution in [3.63, 3.8) is 0 Å². The van der Waals surface area contributed by atoms with Crippen molar-refractivity contribution in [3.05, 3.63) is 23.8 Å². The van der Waals surface area contributed by atoms with Crippen molar-refractivity contribution >= 4 is 0 Å². The van der Waals surface area contributed by atoms with E-state index in [1.165, 1.54) is 31.5 Å². The fraction of sp³-hybridized carbons (Fsp3) is 0.571. The molecule has 4 nitrogen and oxygen atoms in total. The molecule has 1 atom stereocenters. The Hall–Kier alpha value is -1.26. The number of fused-ring (bicyclic) bond motifs is 1. The highest BCUT2D eigenvalue weighted by Gasteiger charge is 2.20. The molecule has 1 saturated heterocycles. The van der Waals surface area contributed by atoms with Gasteiger partial charge in [0.05, 0.1) is 0 Å². The molecule has 2 aliphatic heterocycles. The summed E-state index contributed by atoms with van der Waals surface area (Å²) in [6, 6.07) is 6.18. The molecule has 0 bridgehead atoms. The number of rotatable bonds is 4. The van der Waals surface area contributed by atoms with Crippen LogP contribution < -0.4 is 15.2 Å². The SMILES string of the molecule is NCC(CN1CCCC1)c1ccc2c(c1)OCO2. The predicted octanol–water partition coefficient (Wildman–Crippen LogP) is 1.55. The molecule has 0 saturated carbocycles. The largest absolute Gasteiger partial charge is 0.454 e. The quantitative estimate of drug-likeness (QED) is 0.878. The van der Waals surface area contributed by atoms with Crippen LogP contribution in [0, 0.1) is 0 Å². The third-order valence-electron chi connectivity index (χ3n) is 3.83. The Bertz CT molecular complexity index is 416. The molecule has 1 aromatic carbocycles. The van der Waals surface area contributed by atoms with Crippen molar-refractivity contribution in [2.45, 2.75) is 18.8 Å². The molecule has 1 fully saturated rings. The summed E-state index contributed by atoms with van der Waals surface area (Å²) in [5.74, 6) is 2.08. The number of nitrogens with two attached hydrogens (primary N) is 1. The Labute approximate surface area is 108 Å². The maximum absolute atomic E-state index is 5.93. The van der Waals surface area contributed by atoms with Crippen LogP contribution >= 0.6 is 0 Å². The summed E-state index contributed by atoms with van der Waals surface area (Å²) >= 11 is 0. The third-order valence-corrected chi connectivity index (χ3v) is 3.83. The van der Waals surface area contributed by atoms with Crippen molar-refractivity contribution in [3.8, 4) is 11.5 Å². The second-order valence-electron chi connectivity index (χ2n) is 5.05. The van der Waals surface area contributed by atoms with E-state index in [1.54, 1.807) is 0 Å². The maximum atomic E-state index is 5.93. The molecule has 3 rings (SSSR count). The van der Waals surface area contributed by atoms with Crippen molar-refractivity contribution in [2.75, 3.05) is 33.0 Å². The molecule has 4 heteroatoms. The highest BCUT2D eigenvalue weighted by Crippen LogP contribution is 2.34. The normalized spacial score (nSPS) is 20.3. The van der Waals surface area contributed by atoms with Gasteiger partial charge in [-0.2, -0.15) is 0 Å². The second-order valence-corrected chi connectivity index (χ2v) is 5.05. The average molecular weight is 248 g/mol. The summed E-state index contributed by atoms with van der Waals surface area (Å²) in [4.78, 5) is 2.50. The lowest BCUT2D eigenvalue weighted by Crippen LogP contribution is -2.29. The molecule has 0 aliphatic carbocycles. The van der Waals surface area contributed by atoms with Gasteiger partial charge in [-0.3, -0.25) is 0 Å². The fourth-order valence-electron chi connectivity index (χ4n) is 2.76. The first-order chi connectivity index (χ1) is 8.86. The van der Waals surface area contributed by atoms with Gasteiger partial charge in [0, 0.05) is 19.0 Å². The molecule has 1 unspecified atom stereocenters. The minimum Gasteiger partial charge on any atom is -0.454 e. The van der Waals surface area contributed by atoms with Gasteiger partial charge in [0.25, 0.3) is 0 Å². The monoisotopic (exact) mass is 248 g/mol. The summed E-state index contributed by atoms with van der Waals surface area (Å²) in [6.07, 6.45) is 2.64. The number of ether oxygens (including phenoxy) is 2. The van der Waals surface area contributed by atoms with E-state index in [4.69, 9.17) is 15.2 Å². The zero-order valence-corrected chi connectivity index (χ0v) is 10.6. The van der Waals surface area contributed by atoms with E-state index in [0.717, 1.165) is 18.0 Å². The molecular formula is C14H20N2O2. The number of likely N-dealkylation sites (tertiary alicyclic amines) is 1. The molecule has 0 radical (unpaired) electrons. The summed E-state index contributed by atoms with van der Waals surface area (Å²) in [7, 11) is 0. The number of hydrogen-bond donors (Lipinski definition) is 1. The van der Waals surface area contributed by atoms with Gasteiger partial charge in [-0.05, 0) is 43.6 Å². The Morgan fingerprint density at radius 2 is 1.94 bits per heavy atom. The number of hydrogen-bond acceptors (Lipinski definition) is 4. The van der Waals surface area contributed by atoms with Crippen LogP contribution in [0.5, 0.6) is 11.5 Å². The van der Waals surface area contributed by atoms with Gasteiger partial charge in [-0.15, -0.1) is 0 Å². The van der Waals surface area contributed by atoms with E-state index in [0.29, 0.717) is 19.3 Å².